The monoisotopic (exact) mass is 838 g/mol. The minimum atomic E-state index is -4.75. The van der Waals surface area contributed by atoms with E-state index in [1.54, 1.807) is 18.2 Å². The van der Waals surface area contributed by atoms with Gasteiger partial charge in [-0.1, -0.05) is 57.6 Å². The summed E-state index contributed by atoms with van der Waals surface area (Å²) in [5.74, 6) is 10.3. The highest BCUT2D eigenvalue weighted by Gasteiger charge is 2.46. The molecule has 0 saturated carbocycles. The van der Waals surface area contributed by atoms with Gasteiger partial charge in [0.05, 0.1) is 11.1 Å². The van der Waals surface area contributed by atoms with Crippen molar-refractivity contribution in [2.45, 2.75) is 81.9 Å². The van der Waals surface area contributed by atoms with Gasteiger partial charge < -0.3 is 4.90 Å². The number of anilines is 2. The van der Waals surface area contributed by atoms with Gasteiger partial charge in [-0.2, -0.15) is 50.2 Å². The summed E-state index contributed by atoms with van der Waals surface area (Å²) in [7, 11) is -13.4. The first kappa shape index (κ1) is 42.2. The maximum absolute atomic E-state index is 13.0. The van der Waals surface area contributed by atoms with Gasteiger partial charge in [-0.25, -0.2) is 0 Å². The molecule has 0 unspecified atom stereocenters. The Labute approximate surface area is 334 Å². The van der Waals surface area contributed by atoms with E-state index >= 15 is 0 Å². The van der Waals surface area contributed by atoms with E-state index in [1.807, 2.05) is 68.0 Å². The van der Waals surface area contributed by atoms with Crippen molar-refractivity contribution in [3.05, 3.63) is 101 Å². The van der Waals surface area contributed by atoms with Gasteiger partial charge in [-0.3, -0.25) is 9.27 Å². The number of unbranched alkanes of at least 4 members (excludes halogenated alkanes) is 1. The van der Waals surface area contributed by atoms with Crippen LogP contribution in [0.3, 0.4) is 0 Å². The maximum Gasteiger partial charge on any atom is 0.357 e. The predicted molar refractivity (Wildman–Crippen MR) is 223 cm³/mol. The standard InChI is InChI=1S/C40H47N5O9S3/c1-8-10-20-45-32-19-17-28-30(23-26(43-57(50,51)52)24-34(28)56(48,49)54-42)38(32)40(6,7)36(45)15-13-11-12-14-35-39(4,5)37-29-21-25(3)22-33(55(46,47)53-41)27(29)16-18-31(37)44(35)9-2/h11-19,21-24,43H,8-10,20,41-42H2,1-7H3/p+1. The molecule has 2 aliphatic heterocycles. The Bertz CT molecular complexity index is 2790. The average Bonchev–Trinajstić information content (AvgIpc) is 3.50. The summed E-state index contributed by atoms with van der Waals surface area (Å²) in [5, 5.41) is 2.05. The number of benzene rings is 4. The highest BCUT2D eigenvalue weighted by molar-refractivity contribution is 7.87. The lowest BCUT2D eigenvalue weighted by Crippen LogP contribution is -2.28. The largest absolute Gasteiger partial charge is 0.357 e. The van der Waals surface area contributed by atoms with Crippen molar-refractivity contribution in [3.8, 4) is 0 Å². The summed E-state index contributed by atoms with van der Waals surface area (Å²) >= 11 is 0. The van der Waals surface area contributed by atoms with Crippen LogP contribution < -0.4 is 21.4 Å². The van der Waals surface area contributed by atoms with Crippen molar-refractivity contribution in [2.24, 2.45) is 11.8 Å². The number of nitrogens with two attached hydrogens (primary N) is 2. The lowest BCUT2D eigenvalue weighted by Gasteiger charge is -2.26. The molecule has 0 fully saturated rings. The Morgan fingerprint density at radius 2 is 1.40 bits per heavy atom. The lowest BCUT2D eigenvalue weighted by molar-refractivity contribution is -0.438. The van der Waals surface area contributed by atoms with Gasteiger partial charge in [0.1, 0.15) is 16.3 Å². The van der Waals surface area contributed by atoms with E-state index in [0.717, 1.165) is 63.8 Å². The molecule has 6 N–H and O–H groups in total. The fraction of sp³-hybridized carbons (Fsp3) is 0.325. The molecule has 304 valence electrons. The number of rotatable bonds is 13. The highest BCUT2D eigenvalue weighted by Crippen LogP contribution is 2.52. The molecule has 0 bridgehead atoms. The van der Waals surface area contributed by atoms with Crippen LogP contribution in [0.15, 0.2) is 94.4 Å². The first-order valence-electron chi connectivity index (χ1n) is 18.3. The van der Waals surface area contributed by atoms with Crippen molar-refractivity contribution in [1.82, 2.24) is 0 Å². The number of hydrogen-bond acceptors (Lipinski definition) is 11. The molecule has 0 atom stereocenters. The van der Waals surface area contributed by atoms with Crippen LogP contribution in [0.25, 0.3) is 21.5 Å². The summed E-state index contributed by atoms with van der Waals surface area (Å²) in [6.45, 7) is 15.6. The number of aryl methyl sites for hydroxylation is 1. The smallest absolute Gasteiger partial charge is 0.344 e. The van der Waals surface area contributed by atoms with Gasteiger partial charge in [0.2, 0.25) is 5.69 Å². The molecule has 2 heterocycles. The molecule has 2 aliphatic rings. The van der Waals surface area contributed by atoms with Crippen LogP contribution in [0, 0.1) is 6.92 Å². The Hall–Kier alpha value is -4.46. The fourth-order valence-corrected chi connectivity index (χ4v) is 10.6. The number of fused-ring (bicyclic) bond motifs is 6. The third kappa shape index (κ3) is 7.42. The lowest BCUT2D eigenvalue weighted by atomic mass is 9.79. The van der Waals surface area contributed by atoms with E-state index in [1.165, 1.54) is 6.07 Å². The van der Waals surface area contributed by atoms with Crippen molar-refractivity contribution in [2.75, 3.05) is 22.7 Å². The Balaban J connectivity index is 1.42. The maximum atomic E-state index is 13.0. The predicted octanol–water partition coefficient (Wildman–Crippen LogP) is 6.66. The van der Waals surface area contributed by atoms with E-state index in [0.29, 0.717) is 23.9 Å². The van der Waals surface area contributed by atoms with Crippen molar-refractivity contribution in [1.29, 1.82) is 0 Å². The molecule has 0 amide bonds. The minimum absolute atomic E-state index is 0.0184. The van der Waals surface area contributed by atoms with Gasteiger partial charge in [0.25, 0.3) is 0 Å². The van der Waals surface area contributed by atoms with Gasteiger partial charge in [0, 0.05) is 58.2 Å². The first-order valence-corrected chi connectivity index (χ1v) is 22.6. The van der Waals surface area contributed by atoms with Crippen molar-refractivity contribution in [3.63, 3.8) is 0 Å². The van der Waals surface area contributed by atoms with Gasteiger partial charge in [-0.05, 0) is 86.0 Å². The molecular formula is C40H48N5O9S3+. The summed E-state index contributed by atoms with van der Waals surface area (Å²) in [6, 6.07) is 13.3. The van der Waals surface area contributed by atoms with Crippen LogP contribution in [-0.4, -0.2) is 53.2 Å². The van der Waals surface area contributed by atoms with Gasteiger partial charge in [0.15, 0.2) is 5.71 Å². The second-order valence-corrected chi connectivity index (χ2v) is 19.4. The van der Waals surface area contributed by atoms with Crippen molar-refractivity contribution < 1.29 is 42.9 Å². The summed E-state index contributed by atoms with van der Waals surface area (Å²) in [5.41, 5.74) is 4.88. The van der Waals surface area contributed by atoms with E-state index in [-0.39, 0.29) is 20.9 Å². The van der Waals surface area contributed by atoms with E-state index in [4.69, 9.17) is 11.8 Å². The molecular weight excluding hydrogens is 791 g/mol. The van der Waals surface area contributed by atoms with E-state index in [2.05, 4.69) is 51.8 Å². The number of allylic oxidation sites excluding steroid dienone is 6. The van der Waals surface area contributed by atoms with Crippen molar-refractivity contribution >= 4 is 74.9 Å². The number of nitrogens with one attached hydrogen (secondary N) is 1. The molecule has 0 saturated heterocycles. The van der Waals surface area contributed by atoms with E-state index in [9.17, 15) is 29.8 Å². The Morgan fingerprint density at radius 1 is 0.789 bits per heavy atom. The Morgan fingerprint density at radius 3 is 2.00 bits per heavy atom. The molecule has 0 spiro atoms. The average molecular weight is 839 g/mol. The zero-order valence-electron chi connectivity index (χ0n) is 32.8. The van der Waals surface area contributed by atoms with Gasteiger partial charge >= 0.3 is 30.5 Å². The molecule has 0 aromatic heterocycles. The number of nitrogens with zero attached hydrogens (tertiary/aromatic N) is 2. The van der Waals surface area contributed by atoms with E-state index < -0.39 is 41.4 Å². The summed E-state index contributed by atoms with van der Waals surface area (Å²) in [4.78, 5) is 1.88. The summed E-state index contributed by atoms with van der Waals surface area (Å²) in [6.07, 6.45) is 11.7. The number of hydrogen-bond donors (Lipinski definition) is 4. The third-order valence-corrected chi connectivity index (χ3v) is 13.6. The molecule has 6 rings (SSSR count). The topological polar surface area (TPSA) is 211 Å². The van der Waals surface area contributed by atoms with Crippen LogP contribution in [0.1, 0.15) is 71.1 Å². The Kier molecular flexibility index (Phi) is 11.1. The molecule has 0 aliphatic carbocycles. The molecule has 57 heavy (non-hydrogen) atoms. The second kappa shape index (κ2) is 15.0. The molecule has 4 aromatic rings. The van der Waals surface area contributed by atoms with Crippen LogP contribution in [0.5, 0.6) is 0 Å². The number of likely N-dealkylation sites (N-methyl/N-ethyl adjacent to an activating group) is 1. The van der Waals surface area contributed by atoms with Crippen LogP contribution in [-0.2, 0) is 49.9 Å². The first-order chi connectivity index (χ1) is 26.6. The quantitative estimate of drug-likeness (QED) is 0.0482. The zero-order valence-corrected chi connectivity index (χ0v) is 35.3. The van der Waals surface area contributed by atoms with Crippen LogP contribution in [0.2, 0.25) is 0 Å². The second-order valence-electron chi connectivity index (χ2n) is 15.2. The SMILES string of the molecule is CCCC[N+]1=C(C=CC=CC=C2N(CC)c3ccc4c(S(=O)(=O)ON)cc(C)cc4c3C2(C)C)C(C)(C)c2c1ccc1c(S(=O)(=O)ON)cc(NS(=O)(=O)O)cc21. The highest BCUT2D eigenvalue weighted by atomic mass is 32.2. The molecule has 14 nitrogen and oxygen atoms in total. The minimum Gasteiger partial charge on any atom is -0.344 e. The van der Waals surface area contributed by atoms with Crippen LogP contribution >= 0.6 is 0 Å². The normalized spacial score (nSPS) is 17.5. The molecule has 4 aromatic carbocycles. The van der Waals surface area contributed by atoms with Gasteiger partial charge in [-0.15, -0.1) is 0 Å². The third-order valence-electron chi connectivity index (χ3n) is 10.8. The van der Waals surface area contributed by atoms with Crippen LogP contribution in [0.4, 0.5) is 17.1 Å². The zero-order chi connectivity index (χ0) is 41.9. The fourth-order valence-electron chi connectivity index (χ4n) is 8.45. The molecule has 0 radical (unpaired) electrons. The summed E-state index contributed by atoms with van der Waals surface area (Å²) < 4.78 is 97.8. The molecule has 17 heteroatoms.